The van der Waals surface area contributed by atoms with Crippen LogP contribution in [0.15, 0.2) is 18.3 Å². The number of urea groups is 1. The van der Waals surface area contributed by atoms with Gasteiger partial charge in [0.1, 0.15) is 5.82 Å². The third-order valence-corrected chi connectivity index (χ3v) is 3.08. The summed E-state index contributed by atoms with van der Waals surface area (Å²) < 4.78 is 5.01. The molecule has 2 amide bonds. The van der Waals surface area contributed by atoms with Crippen molar-refractivity contribution in [2.75, 3.05) is 19.0 Å². The first kappa shape index (κ1) is 17.9. The summed E-state index contributed by atoms with van der Waals surface area (Å²) in [4.78, 5) is 26.6. The van der Waals surface area contributed by atoms with Gasteiger partial charge >= 0.3 is 12.0 Å². The van der Waals surface area contributed by atoms with Gasteiger partial charge in [-0.15, -0.1) is 0 Å². The Labute approximate surface area is 130 Å². The molecule has 0 aliphatic carbocycles. The zero-order valence-electron chi connectivity index (χ0n) is 13.2. The number of amides is 2. The van der Waals surface area contributed by atoms with Crippen molar-refractivity contribution in [1.29, 1.82) is 0 Å². The van der Waals surface area contributed by atoms with Gasteiger partial charge in [0.2, 0.25) is 0 Å². The minimum absolute atomic E-state index is 0.00195. The zero-order chi connectivity index (χ0) is 16.6. The van der Waals surface area contributed by atoms with Crippen molar-refractivity contribution in [3.8, 4) is 0 Å². The van der Waals surface area contributed by atoms with Crippen LogP contribution in [-0.2, 0) is 16.0 Å². The molecule has 1 rings (SSSR count). The van der Waals surface area contributed by atoms with Gasteiger partial charge in [0, 0.05) is 25.3 Å². The molecule has 0 aliphatic rings. The fraction of sp³-hybridized carbons (Fsp3) is 0.533. The number of carboxylic acid groups (broad SMARTS) is 1. The lowest BCUT2D eigenvalue weighted by Crippen LogP contribution is -2.45. The van der Waals surface area contributed by atoms with E-state index in [-0.39, 0.29) is 6.42 Å². The van der Waals surface area contributed by atoms with Gasteiger partial charge in [0.15, 0.2) is 0 Å². The van der Waals surface area contributed by atoms with Gasteiger partial charge in [-0.05, 0) is 44.4 Å². The van der Waals surface area contributed by atoms with E-state index < -0.39 is 17.5 Å². The highest BCUT2D eigenvalue weighted by Crippen LogP contribution is 2.12. The third-order valence-electron chi connectivity index (χ3n) is 3.08. The van der Waals surface area contributed by atoms with E-state index in [0.717, 1.165) is 12.0 Å². The number of methoxy groups -OCH3 is 1. The van der Waals surface area contributed by atoms with Crippen LogP contribution in [0.5, 0.6) is 0 Å². The number of hydrogen-bond donors (Lipinski definition) is 3. The van der Waals surface area contributed by atoms with Crippen molar-refractivity contribution in [3.05, 3.63) is 23.9 Å². The summed E-state index contributed by atoms with van der Waals surface area (Å²) in [5.74, 6) is -0.442. The number of aliphatic carboxylic acids is 1. The molecule has 1 heterocycles. The molecule has 0 fully saturated rings. The number of carbonyl (C=O) groups is 2. The van der Waals surface area contributed by atoms with Crippen LogP contribution in [0, 0.1) is 0 Å². The molecule has 0 saturated heterocycles. The SMILES string of the molecule is COCCc1ccnc(NC(=O)NC(C)(C)CCC(=O)O)c1. The number of nitrogens with one attached hydrogen (secondary N) is 2. The Morgan fingerprint density at radius 1 is 1.41 bits per heavy atom. The molecule has 1 aromatic heterocycles. The van der Waals surface area contributed by atoms with Crippen molar-refractivity contribution >= 4 is 17.8 Å². The standard InChI is InChI=1S/C15H23N3O4/c1-15(2,7-4-13(19)20)18-14(21)17-12-10-11(5-8-16-12)6-9-22-3/h5,8,10H,4,6-7,9H2,1-3H3,(H,19,20)(H2,16,17,18,21). The molecule has 0 unspecified atom stereocenters. The van der Waals surface area contributed by atoms with Crippen LogP contribution >= 0.6 is 0 Å². The summed E-state index contributed by atoms with van der Waals surface area (Å²) in [6.45, 7) is 4.15. The number of hydrogen-bond acceptors (Lipinski definition) is 4. The molecular weight excluding hydrogens is 286 g/mol. The third kappa shape index (κ3) is 7.03. The van der Waals surface area contributed by atoms with E-state index in [0.29, 0.717) is 18.8 Å². The Kier molecular flexibility index (Phi) is 6.78. The number of rotatable bonds is 8. The lowest BCUT2D eigenvalue weighted by Gasteiger charge is -2.25. The first-order chi connectivity index (χ1) is 10.3. The molecule has 0 spiro atoms. The summed E-state index contributed by atoms with van der Waals surface area (Å²) in [5, 5.41) is 14.1. The molecule has 0 aliphatic heterocycles. The second-order valence-electron chi connectivity index (χ2n) is 5.65. The first-order valence-corrected chi connectivity index (χ1v) is 7.07. The Morgan fingerprint density at radius 3 is 2.77 bits per heavy atom. The van der Waals surface area contributed by atoms with E-state index in [1.54, 1.807) is 33.2 Å². The normalized spacial score (nSPS) is 11.0. The zero-order valence-corrected chi connectivity index (χ0v) is 13.2. The lowest BCUT2D eigenvalue weighted by atomic mass is 9.99. The molecule has 3 N–H and O–H groups in total. The predicted molar refractivity (Wildman–Crippen MR) is 82.9 cm³/mol. The second-order valence-corrected chi connectivity index (χ2v) is 5.65. The Bertz CT molecular complexity index is 517. The van der Waals surface area contributed by atoms with Gasteiger partial charge in [-0.1, -0.05) is 0 Å². The van der Waals surface area contributed by atoms with E-state index in [9.17, 15) is 9.59 Å². The number of ether oxygens (including phenoxy) is 1. The van der Waals surface area contributed by atoms with Gasteiger partial charge < -0.3 is 15.2 Å². The van der Waals surface area contributed by atoms with E-state index >= 15 is 0 Å². The van der Waals surface area contributed by atoms with Crippen molar-refractivity contribution in [2.24, 2.45) is 0 Å². The van der Waals surface area contributed by atoms with Crippen molar-refractivity contribution in [2.45, 2.75) is 38.6 Å². The molecule has 0 saturated carbocycles. The fourth-order valence-corrected chi connectivity index (χ4v) is 1.85. The van der Waals surface area contributed by atoms with Crippen LogP contribution < -0.4 is 10.6 Å². The Morgan fingerprint density at radius 2 is 2.14 bits per heavy atom. The van der Waals surface area contributed by atoms with Gasteiger partial charge in [-0.2, -0.15) is 0 Å². The highest BCUT2D eigenvalue weighted by molar-refractivity contribution is 5.88. The summed E-state index contributed by atoms with van der Waals surface area (Å²) in [7, 11) is 1.63. The molecular formula is C15H23N3O4. The average molecular weight is 309 g/mol. The maximum atomic E-state index is 12.0. The maximum absolute atomic E-state index is 12.0. The topological polar surface area (TPSA) is 101 Å². The van der Waals surface area contributed by atoms with Crippen LogP contribution in [0.2, 0.25) is 0 Å². The molecule has 7 nitrogen and oxygen atoms in total. The van der Waals surface area contributed by atoms with Crippen LogP contribution in [0.4, 0.5) is 10.6 Å². The predicted octanol–water partition coefficient (Wildman–Crippen LogP) is 2.04. The number of carboxylic acids is 1. The Hall–Kier alpha value is -2.15. The molecule has 1 aromatic rings. The van der Waals surface area contributed by atoms with Crippen LogP contribution in [0.1, 0.15) is 32.3 Å². The quantitative estimate of drug-likeness (QED) is 0.682. The molecule has 22 heavy (non-hydrogen) atoms. The molecule has 122 valence electrons. The number of nitrogens with zero attached hydrogens (tertiary/aromatic N) is 1. The lowest BCUT2D eigenvalue weighted by molar-refractivity contribution is -0.137. The van der Waals surface area contributed by atoms with Crippen molar-refractivity contribution in [1.82, 2.24) is 10.3 Å². The summed E-state index contributed by atoms with van der Waals surface area (Å²) in [6, 6.07) is 3.23. The molecule has 0 atom stereocenters. The van der Waals surface area contributed by atoms with Crippen molar-refractivity contribution < 1.29 is 19.4 Å². The minimum atomic E-state index is -0.886. The maximum Gasteiger partial charge on any atom is 0.320 e. The van der Waals surface area contributed by atoms with Crippen LogP contribution in [0.3, 0.4) is 0 Å². The molecule has 0 bridgehead atoms. The van der Waals surface area contributed by atoms with Crippen molar-refractivity contribution in [3.63, 3.8) is 0 Å². The minimum Gasteiger partial charge on any atom is -0.481 e. The van der Waals surface area contributed by atoms with E-state index in [1.165, 1.54) is 0 Å². The highest BCUT2D eigenvalue weighted by Gasteiger charge is 2.21. The van der Waals surface area contributed by atoms with Crippen LogP contribution in [-0.4, -0.2) is 41.3 Å². The van der Waals surface area contributed by atoms with Gasteiger partial charge in [0.25, 0.3) is 0 Å². The second kappa shape index (κ2) is 8.33. The summed E-state index contributed by atoms with van der Waals surface area (Å²) in [5.41, 5.74) is 0.396. The molecule has 7 heteroatoms. The van der Waals surface area contributed by atoms with Gasteiger partial charge in [-0.25, -0.2) is 9.78 Å². The smallest absolute Gasteiger partial charge is 0.320 e. The number of anilines is 1. The average Bonchev–Trinajstić information content (AvgIpc) is 2.43. The van der Waals surface area contributed by atoms with Gasteiger partial charge in [0.05, 0.1) is 6.61 Å². The van der Waals surface area contributed by atoms with E-state index in [2.05, 4.69) is 15.6 Å². The highest BCUT2D eigenvalue weighted by atomic mass is 16.5. The monoisotopic (exact) mass is 309 g/mol. The molecule has 0 aromatic carbocycles. The number of aromatic nitrogens is 1. The van der Waals surface area contributed by atoms with E-state index in [4.69, 9.17) is 9.84 Å². The summed E-state index contributed by atoms with van der Waals surface area (Å²) in [6.07, 6.45) is 2.70. The summed E-state index contributed by atoms with van der Waals surface area (Å²) >= 11 is 0. The largest absolute Gasteiger partial charge is 0.481 e. The molecule has 0 radical (unpaired) electrons. The number of pyridine rings is 1. The first-order valence-electron chi connectivity index (χ1n) is 7.07. The number of carbonyl (C=O) groups excluding carboxylic acids is 1. The van der Waals surface area contributed by atoms with Gasteiger partial charge in [-0.3, -0.25) is 10.1 Å². The fourth-order valence-electron chi connectivity index (χ4n) is 1.85. The Balaban J connectivity index is 2.55. The van der Waals surface area contributed by atoms with Crippen LogP contribution in [0.25, 0.3) is 0 Å². The van der Waals surface area contributed by atoms with E-state index in [1.807, 2.05) is 6.07 Å².